The molecule has 2 aliphatic carbocycles. The Kier molecular flexibility index (Phi) is 5.01. The summed E-state index contributed by atoms with van der Waals surface area (Å²) in [6.07, 6.45) is 5.52. The first-order valence-electron chi connectivity index (χ1n) is 7.19. The Morgan fingerprint density at radius 3 is 2.83 bits per heavy atom. The molecule has 0 unspecified atom stereocenters. The van der Waals surface area contributed by atoms with Crippen molar-refractivity contribution in [3.8, 4) is 0 Å². The topological polar surface area (TPSA) is 50.4 Å². The second-order valence-corrected chi connectivity index (χ2v) is 5.86. The van der Waals surface area contributed by atoms with Gasteiger partial charge in [-0.05, 0) is 43.9 Å². The summed E-state index contributed by atoms with van der Waals surface area (Å²) in [6, 6.07) is 0.331. The number of hydrogen-bond donors (Lipinski definition) is 2. The lowest BCUT2D eigenvalue weighted by Gasteiger charge is -2.28. The lowest BCUT2D eigenvalue weighted by Crippen LogP contribution is -2.44. The highest BCUT2D eigenvalue weighted by atomic mass is 16.5. The Balaban J connectivity index is 1.64. The van der Waals surface area contributed by atoms with Gasteiger partial charge in [0.2, 0.25) is 5.91 Å². The van der Waals surface area contributed by atoms with Crippen LogP contribution in [0.1, 0.15) is 32.6 Å². The normalized spacial score (nSPS) is 31.6. The van der Waals surface area contributed by atoms with Gasteiger partial charge in [-0.2, -0.15) is 0 Å². The zero-order chi connectivity index (χ0) is 13.0. The maximum atomic E-state index is 11.8. The van der Waals surface area contributed by atoms with Gasteiger partial charge in [-0.1, -0.05) is 6.42 Å². The summed E-state index contributed by atoms with van der Waals surface area (Å²) < 4.78 is 4.93. The molecule has 1 amide bonds. The van der Waals surface area contributed by atoms with Gasteiger partial charge in [0.15, 0.2) is 0 Å². The number of amides is 1. The number of carbonyl (C=O) groups excluding carboxylic acids is 1. The van der Waals surface area contributed by atoms with E-state index in [9.17, 15) is 4.79 Å². The van der Waals surface area contributed by atoms with Crippen LogP contribution in [0.2, 0.25) is 0 Å². The molecule has 0 heterocycles. The first-order chi connectivity index (χ1) is 8.70. The number of rotatable bonds is 7. The number of fused-ring (bicyclic) bond motifs is 2. The second-order valence-electron chi connectivity index (χ2n) is 5.86. The summed E-state index contributed by atoms with van der Waals surface area (Å²) in [5.41, 5.74) is 0. The van der Waals surface area contributed by atoms with E-state index < -0.39 is 0 Å². The zero-order valence-corrected chi connectivity index (χ0v) is 11.6. The Bertz CT molecular complexity index is 283. The van der Waals surface area contributed by atoms with Crippen molar-refractivity contribution in [1.29, 1.82) is 0 Å². The molecule has 104 valence electrons. The average Bonchev–Trinajstić information content (AvgIpc) is 2.96. The highest BCUT2D eigenvalue weighted by molar-refractivity contribution is 5.78. The van der Waals surface area contributed by atoms with Crippen LogP contribution in [0, 0.1) is 17.8 Å². The molecule has 2 N–H and O–H groups in total. The number of hydrogen-bond acceptors (Lipinski definition) is 3. The van der Waals surface area contributed by atoms with Gasteiger partial charge in [0.05, 0.1) is 13.2 Å². The Morgan fingerprint density at radius 2 is 2.22 bits per heavy atom. The van der Waals surface area contributed by atoms with Gasteiger partial charge in [0.25, 0.3) is 0 Å². The zero-order valence-electron chi connectivity index (χ0n) is 11.6. The van der Waals surface area contributed by atoms with Crippen molar-refractivity contribution in [2.75, 3.05) is 26.8 Å². The van der Waals surface area contributed by atoms with E-state index in [1.54, 1.807) is 7.11 Å². The third kappa shape index (κ3) is 3.45. The molecule has 18 heavy (non-hydrogen) atoms. The van der Waals surface area contributed by atoms with E-state index in [-0.39, 0.29) is 5.91 Å². The van der Waals surface area contributed by atoms with Crippen molar-refractivity contribution in [2.24, 2.45) is 17.8 Å². The van der Waals surface area contributed by atoms with Gasteiger partial charge in [-0.25, -0.2) is 0 Å². The fraction of sp³-hybridized carbons (Fsp3) is 0.929. The van der Waals surface area contributed by atoms with Gasteiger partial charge in [0.1, 0.15) is 0 Å². The Morgan fingerprint density at radius 1 is 1.39 bits per heavy atom. The van der Waals surface area contributed by atoms with Crippen LogP contribution in [-0.4, -0.2) is 38.8 Å². The monoisotopic (exact) mass is 254 g/mol. The second kappa shape index (κ2) is 6.53. The van der Waals surface area contributed by atoms with Gasteiger partial charge >= 0.3 is 0 Å². The predicted octanol–water partition coefficient (Wildman–Crippen LogP) is 1.16. The third-order valence-electron chi connectivity index (χ3n) is 4.59. The molecular weight excluding hydrogens is 228 g/mol. The van der Waals surface area contributed by atoms with Crippen LogP contribution in [0.3, 0.4) is 0 Å². The van der Waals surface area contributed by atoms with Crippen LogP contribution in [0.5, 0.6) is 0 Å². The molecule has 4 nitrogen and oxygen atoms in total. The van der Waals surface area contributed by atoms with Crippen molar-refractivity contribution < 1.29 is 9.53 Å². The highest BCUT2D eigenvalue weighted by Gasteiger charge is 2.41. The summed E-state index contributed by atoms with van der Waals surface area (Å²) in [4.78, 5) is 11.8. The minimum atomic E-state index is 0.112. The smallest absolute Gasteiger partial charge is 0.234 e. The van der Waals surface area contributed by atoms with Crippen LogP contribution >= 0.6 is 0 Å². The maximum Gasteiger partial charge on any atom is 0.234 e. The maximum absolute atomic E-state index is 11.8. The van der Waals surface area contributed by atoms with Gasteiger partial charge in [0, 0.05) is 19.7 Å². The quantitative estimate of drug-likeness (QED) is 0.670. The standard InChI is InChI=1S/C14H26N2O2/c1-10(13-8-11-3-4-12(13)7-11)16-14(17)9-15-5-6-18-2/h10-13,15H,3-9H2,1-2H3,(H,16,17)/t10-,11-,12-,13+/m1/s1. The summed E-state index contributed by atoms with van der Waals surface area (Å²) >= 11 is 0. The summed E-state index contributed by atoms with van der Waals surface area (Å²) in [6.45, 7) is 3.94. The van der Waals surface area contributed by atoms with Crippen LogP contribution in [0.25, 0.3) is 0 Å². The van der Waals surface area contributed by atoms with Crippen LogP contribution < -0.4 is 10.6 Å². The highest BCUT2D eigenvalue weighted by Crippen LogP contribution is 2.49. The van der Waals surface area contributed by atoms with E-state index in [4.69, 9.17) is 4.74 Å². The fourth-order valence-corrected chi connectivity index (χ4v) is 3.69. The molecule has 0 aromatic heterocycles. The Labute approximate surface area is 110 Å². The van der Waals surface area contributed by atoms with E-state index in [0.29, 0.717) is 25.1 Å². The number of nitrogens with one attached hydrogen (secondary N) is 2. The van der Waals surface area contributed by atoms with Crippen LogP contribution in [0.15, 0.2) is 0 Å². The first kappa shape index (κ1) is 13.8. The van der Waals surface area contributed by atoms with E-state index in [0.717, 1.165) is 18.4 Å². The van der Waals surface area contributed by atoms with Crippen molar-refractivity contribution in [1.82, 2.24) is 10.6 Å². The third-order valence-corrected chi connectivity index (χ3v) is 4.59. The first-order valence-corrected chi connectivity index (χ1v) is 7.19. The van der Waals surface area contributed by atoms with Crippen LogP contribution in [0.4, 0.5) is 0 Å². The van der Waals surface area contributed by atoms with Crippen LogP contribution in [-0.2, 0) is 9.53 Å². The van der Waals surface area contributed by atoms with E-state index in [1.165, 1.54) is 25.7 Å². The average molecular weight is 254 g/mol. The number of methoxy groups -OCH3 is 1. The molecule has 2 saturated carbocycles. The lowest BCUT2D eigenvalue weighted by molar-refractivity contribution is -0.121. The Hall–Kier alpha value is -0.610. The molecule has 2 aliphatic rings. The lowest BCUT2D eigenvalue weighted by atomic mass is 9.84. The molecule has 2 bridgehead atoms. The molecule has 0 spiro atoms. The summed E-state index contributed by atoms with van der Waals surface area (Å²) in [5.74, 6) is 2.64. The molecule has 0 aromatic carbocycles. The van der Waals surface area contributed by atoms with Gasteiger partial charge in [-0.15, -0.1) is 0 Å². The summed E-state index contributed by atoms with van der Waals surface area (Å²) in [7, 11) is 1.67. The van der Waals surface area contributed by atoms with E-state index >= 15 is 0 Å². The number of ether oxygens (including phenoxy) is 1. The molecule has 4 heteroatoms. The van der Waals surface area contributed by atoms with E-state index in [2.05, 4.69) is 17.6 Å². The van der Waals surface area contributed by atoms with Gasteiger partial charge in [-0.3, -0.25) is 4.79 Å². The van der Waals surface area contributed by atoms with Crippen molar-refractivity contribution in [2.45, 2.75) is 38.6 Å². The predicted molar refractivity (Wildman–Crippen MR) is 71.3 cm³/mol. The molecule has 0 radical (unpaired) electrons. The molecular formula is C14H26N2O2. The SMILES string of the molecule is COCCNCC(=O)N[C@H](C)[C@@H]1C[C@@H]2CC[C@@H]1C2. The summed E-state index contributed by atoms with van der Waals surface area (Å²) in [5, 5.41) is 6.22. The van der Waals surface area contributed by atoms with Crippen molar-refractivity contribution in [3.63, 3.8) is 0 Å². The fourth-order valence-electron chi connectivity index (χ4n) is 3.69. The molecule has 0 aliphatic heterocycles. The molecule has 2 fully saturated rings. The van der Waals surface area contributed by atoms with E-state index in [1.807, 2.05) is 0 Å². The largest absolute Gasteiger partial charge is 0.383 e. The minimum Gasteiger partial charge on any atom is -0.383 e. The minimum absolute atomic E-state index is 0.112. The molecule has 2 rings (SSSR count). The molecule has 4 atom stereocenters. The van der Waals surface area contributed by atoms with Gasteiger partial charge < -0.3 is 15.4 Å². The molecule has 0 saturated heterocycles. The van der Waals surface area contributed by atoms with Crippen molar-refractivity contribution in [3.05, 3.63) is 0 Å². The number of carbonyl (C=O) groups is 1. The van der Waals surface area contributed by atoms with Crippen molar-refractivity contribution >= 4 is 5.91 Å². The molecule has 0 aromatic rings.